The molecule has 2 aromatic carbocycles. The molecule has 0 saturated carbocycles. The van der Waals surface area contributed by atoms with Crippen LogP contribution in [-0.4, -0.2) is 7.05 Å². The van der Waals surface area contributed by atoms with Gasteiger partial charge in [0.15, 0.2) is 0 Å². The van der Waals surface area contributed by atoms with E-state index in [-0.39, 0.29) is 5.82 Å². The lowest BCUT2D eigenvalue weighted by Gasteiger charge is -2.13. The van der Waals surface area contributed by atoms with E-state index in [1.165, 1.54) is 12.1 Å². The van der Waals surface area contributed by atoms with Crippen LogP contribution in [0.1, 0.15) is 11.1 Å². The second kappa shape index (κ2) is 6.17. The maximum absolute atomic E-state index is 13.1. The first-order valence-corrected chi connectivity index (χ1v) is 6.76. The zero-order valence-corrected chi connectivity index (χ0v) is 12.4. The predicted molar refractivity (Wildman–Crippen MR) is 78.1 cm³/mol. The third kappa shape index (κ3) is 3.55. The van der Waals surface area contributed by atoms with Crippen molar-refractivity contribution in [1.29, 1.82) is 0 Å². The minimum absolute atomic E-state index is 0.254. The van der Waals surface area contributed by atoms with Crippen molar-refractivity contribution in [2.45, 2.75) is 13.5 Å². The summed E-state index contributed by atoms with van der Waals surface area (Å²) in [4.78, 5) is 0. The van der Waals surface area contributed by atoms with Gasteiger partial charge < -0.3 is 10.1 Å². The molecular formula is C15H15BrFNO. The van der Waals surface area contributed by atoms with Gasteiger partial charge in [-0.3, -0.25) is 0 Å². The Morgan fingerprint density at radius 1 is 1.16 bits per heavy atom. The number of nitrogens with one attached hydrogen (secondary N) is 1. The van der Waals surface area contributed by atoms with Crippen LogP contribution in [0.3, 0.4) is 0 Å². The fraction of sp³-hybridized carbons (Fsp3) is 0.200. The molecule has 2 nitrogen and oxygen atoms in total. The number of rotatable bonds is 4. The van der Waals surface area contributed by atoms with E-state index in [4.69, 9.17) is 4.74 Å². The quantitative estimate of drug-likeness (QED) is 0.899. The maximum Gasteiger partial charge on any atom is 0.132 e. The third-order valence-electron chi connectivity index (χ3n) is 2.75. The molecule has 0 aliphatic rings. The molecule has 1 N–H and O–H groups in total. The van der Waals surface area contributed by atoms with Crippen LogP contribution in [0.25, 0.3) is 0 Å². The molecule has 4 heteroatoms. The van der Waals surface area contributed by atoms with Gasteiger partial charge in [0.25, 0.3) is 0 Å². The van der Waals surface area contributed by atoms with E-state index in [9.17, 15) is 4.39 Å². The molecule has 0 fully saturated rings. The van der Waals surface area contributed by atoms with Crippen molar-refractivity contribution in [3.8, 4) is 11.5 Å². The van der Waals surface area contributed by atoms with Gasteiger partial charge >= 0.3 is 0 Å². The van der Waals surface area contributed by atoms with Crippen LogP contribution in [0.5, 0.6) is 11.5 Å². The zero-order valence-electron chi connectivity index (χ0n) is 10.8. The topological polar surface area (TPSA) is 21.3 Å². The third-order valence-corrected chi connectivity index (χ3v) is 3.24. The molecule has 0 bridgehead atoms. The Balaban J connectivity index is 2.32. The van der Waals surface area contributed by atoms with Crippen molar-refractivity contribution in [1.82, 2.24) is 5.32 Å². The van der Waals surface area contributed by atoms with E-state index in [1.807, 2.05) is 32.2 Å². The molecule has 0 atom stereocenters. The number of ether oxygens (including phenoxy) is 1. The Hall–Kier alpha value is -1.39. The van der Waals surface area contributed by atoms with E-state index in [0.29, 0.717) is 12.3 Å². The van der Waals surface area contributed by atoms with Gasteiger partial charge in [-0.1, -0.05) is 15.9 Å². The molecule has 0 saturated heterocycles. The van der Waals surface area contributed by atoms with Crippen LogP contribution in [0.15, 0.2) is 40.9 Å². The van der Waals surface area contributed by atoms with Gasteiger partial charge in [0.05, 0.1) is 0 Å². The summed E-state index contributed by atoms with van der Waals surface area (Å²) >= 11 is 3.44. The SMILES string of the molecule is CNCc1cc(Br)ccc1Oc1ccc(F)cc1C. The summed E-state index contributed by atoms with van der Waals surface area (Å²) in [6.07, 6.45) is 0. The molecule has 19 heavy (non-hydrogen) atoms. The smallest absolute Gasteiger partial charge is 0.132 e. The van der Waals surface area contributed by atoms with E-state index < -0.39 is 0 Å². The molecule has 2 rings (SSSR count). The van der Waals surface area contributed by atoms with E-state index in [0.717, 1.165) is 21.3 Å². The fourth-order valence-corrected chi connectivity index (χ4v) is 2.23. The Morgan fingerprint density at radius 2 is 1.89 bits per heavy atom. The Morgan fingerprint density at radius 3 is 2.58 bits per heavy atom. The Bertz CT molecular complexity index is 586. The van der Waals surface area contributed by atoms with Crippen LogP contribution >= 0.6 is 15.9 Å². The van der Waals surface area contributed by atoms with Crippen molar-refractivity contribution in [3.05, 3.63) is 57.8 Å². The van der Waals surface area contributed by atoms with Crippen molar-refractivity contribution in [2.75, 3.05) is 7.05 Å². The van der Waals surface area contributed by atoms with Crippen molar-refractivity contribution in [2.24, 2.45) is 0 Å². The van der Waals surface area contributed by atoms with Crippen LogP contribution < -0.4 is 10.1 Å². The lowest BCUT2D eigenvalue weighted by molar-refractivity contribution is 0.468. The highest BCUT2D eigenvalue weighted by Gasteiger charge is 2.07. The van der Waals surface area contributed by atoms with Crippen LogP contribution in [0.2, 0.25) is 0 Å². The molecule has 0 unspecified atom stereocenters. The second-order valence-electron chi connectivity index (χ2n) is 4.29. The molecule has 0 aliphatic heterocycles. The Labute approximate surface area is 120 Å². The highest BCUT2D eigenvalue weighted by atomic mass is 79.9. The molecule has 2 aromatic rings. The number of hydrogen-bond donors (Lipinski definition) is 1. The first-order chi connectivity index (χ1) is 9.10. The maximum atomic E-state index is 13.1. The van der Waals surface area contributed by atoms with Crippen LogP contribution in [0, 0.1) is 12.7 Å². The first-order valence-electron chi connectivity index (χ1n) is 5.97. The van der Waals surface area contributed by atoms with Crippen LogP contribution in [0.4, 0.5) is 4.39 Å². The molecular weight excluding hydrogens is 309 g/mol. The predicted octanol–water partition coefficient (Wildman–Crippen LogP) is 4.41. The molecule has 0 amide bonds. The standard InChI is InChI=1S/C15H15BrFNO/c1-10-7-13(17)4-6-14(10)19-15-5-3-12(16)8-11(15)9-18-2/h3-8,18H,9H2,1-2H3. The first kappa shape index (κ1) is 14.0. The summed E-state index contributed by atoms with van der Waals surface area (Å²) in [6.45, 7) is 2.53. The molecule has 0 heterocycles. The summed E-state index contributed by atoms with van der Waals surface area (Å²) in [5.41, 5.74) is 1.82. The van der Waals surface area contributed by atoms with Gasteiger partial charge in [0, 0.05) is 16.6 Å². The van der Waals surface area contributed by atoms with Crippen molar-refractivity contribution in [3.63, 3.8) is 0 Å². The normalized spacial score (nSPS) is 10.5. The minimum Gasteiger partial charge on any atom is -0.457 e. The lowest BCUT2D eigenvalue weighted by Crippen LogP contribution is -2.06. The summed E-state index contributed by atoms with van der Waals surface area (Å²) in [6, 6.07) is 10.3. The lowest BCUT2D eigenvalue weighted by atomic mass is 10.2. The Kier molecular flexibility index (Phi) is 4.56. The van der Waals surface area contributed by atoms with E-state index in [2.05, 4.69) is 21.2 Å². The number of aryl methyl sites for hydroxylation is 1. The van der Waals surface area contributed by atoms with Gasteiger partial charge in [0.2, 0.25) is 0 Å². The van der Waals surface area contributed by atoms with E-state index >= 15 is 0 Å². The van der Waals surface area contributed by atoms with Gasteiger partial charge in [-0.05, 0) is 55.9 Å². The van der Waals surface area contributed by atoms with Gasteiger partial charge in [0.1, 0.15) is 17.3 Å². The summed E-state index contributed by atoms with van der Waals surface area (Å²) in [5.74, 6) is 1.18. The summed E-state index contributed by atoms with van der Waals surface area (Å²) in [7, 11) is 1.88. The minimum atomic E-state index is -0.254. The van der Waals surface area contributed by atoms with Gasteiger partial charge in [-0.2, -0.15) is 0 Å². The number of halogens is 2. The largest absolute Gasteiger partial charge is 0.457 e. The highest BCUT2D eigenvalue weighted by Crippen LogP contribution is 2.30. The van der Waals surface area contributed by atoms with Crippen molar-refractivity contribution < 1.29 is 9.13 Å². The van der Waals surface area contributed by atoms with Gasteiger partial charge in [-0.15, -0.1) is 0 Å². The molecule has 0 radical (unpaired) electrons. The monoisotopic (exact) mass is 323 g/mol. The van der Waals surface area contributed by atoms with Crippen LogP contribution in [-0.2, 0) is 6.54 Å². The number of hydrogen-bond acceptors (Lipinski definition) is 2. The van der Waals surface area contributed by atoms with E-state index in [1.54, 1.807) is 6.07 Å². The average molecular weight is 324 g/mol. The summed E-state index contributed by atoms with van der Waals surface area (Å²) in [5, 5.41) is 3.10. The molecule has 0 aromatic heterocycles. The molecule has 100 valence electrons. The fourth-order valence-electron chi connectivity index (χ4n) is 1.82. The average Bonchev–Trinajstić information content (AvgIpc) is 2.36. The zero-order chi connectivity index (χ0) is 13.8. The van der Waals surface area contributed by atoms with Gasteiger partial charge in [-0.25, -0.2) is 4.39 Å². The number of benzene rings is 2. The second-order valence-corrected chi connectivity index (χ2v) is 5.21. The summed E-state index contributed by atoms with van der Waals surface area (Å²) < 4.78 is 19.9. The molecule has 0 spiro atoms. The van der Waals surface area contributed by atoms with Crippen molar-refractivity contribution >= 4 is 15.9 Å². The molecule has 0 aliphatic carbocycles. The highest BCUT2D eigenvalue weighted by molar-refractivity contribution is 9.10.